The number of amides is 1. The molecule has 4 nitrogen and oxygen atoms in total. The number of hydrogen-bond donors (Lipinski definition) is 2. The molecule has 0 aromatic heterocycles. The van der Waals surface area contributed by atoms with E-state index in [1.54, 1.807) is 24.3 Å². The lowest BCUT2D eigenvalue weighted by Crippen LogP contribution is -2.13. The lowest BCUT2D eigenvalue weighted by Gasteiger charge is -2.13. The molecule has 3 N–H and O–H groups in total. The third kappa shape index (κ3) is 3.10. The van der Waals surface area contributed by atoms with E-state index in [4.69, 9.17) is 27.2 Å². The number of nitrogens with two attached hydrogens (primary N) is 1. The Morgan fingerprint density at radius 2 is 1.85 bits per heavy atom. The largest absolute Gasteiger partial charge is 0.456 e. The van der Waals surface area contributed by atoms with Crippen LogP contribution in [0.1, 0.15) is 15.9 Å². The van der Waals surface area contributed by atoms with Gasteiger partial charge >= 0.3 is 0 Å². The molecule has 0 saturated carbocycles. The van der Waals surface area contributed by atoms with Gasteiger partial charge in [-0.05, 0) is 30.2 Å². The van der Waals surface area contributed by atoms with Gasteiger partial charge in [-0.2, -0.15) is 0 Å². The standard InChI is InChI=1S/C15H14ClNO3/c16-11-5-3-7-13(14(11)15(17)19)20-12-6-2-1-4-10(12)8-9-18/h1-7,18H,8-9H2,(H2,17,19). The zero-order chi connectivity index (χ0) is 14.5. The van der Waals surface area contributed by atoms with E-state index in [1.165, 1.54) is 0 Å². The number of carbonyl (C=O) groups excluding carboxylic acids is 1. The second-order valence-corrected chi connectivity index (χ2v) is 4.57. The molecule has 0 atom stereocenters. The summed E-state index contributed by atoms with van der Waals surface area (Å²) in [7, 11) is 0. The fraction of sp³-hybridized carbons (Fsp3) is 0.133. The number of para-hydroxylation sites is 1. The molecular weight excluding hydrogens is 278 g/mol. The SMILES string of the molecule is NC(=O)c1c(Cl)cccc1Oc1ccccc1CCO. The smallest absolute Gasteiger partial charge is 0.254 e. The molecule has 5 heteroatoms. The van der Waals surface area contributed by atoms with Crippen molar-refractivity contribution in [1.29, 1.82) is 0 Å². The Hall–Kier alpha value is -2.04. The van der Waals surface area contributed by atoms with Crippen LogP contribution >= 0.6 is 11.6 Å². The number of carbonyl (C=O) groups is 1. The third-order valence-corrected chi connectivity index (χ3v) is 3.11. The summed E-state index contributed by atoms with van der Waals surface area (Å²) >= 11 is 5.97. The molecular formula is C15H14ClNO3. The first-order valence-corrected chi connectivity index (χ1v) is 6.46. The Kier molecular flexibility index (Phi) is 4.61. The lowest BCUT2D eigenvalue weighted by atomic mass is 10.1. The highest BCUT2D eigenvalue weighted by Crippen LogP contribution is 2.31. The molecule has 20 heavy (non-hydrogen) atoms. The number of ether oxygens (including phenoxy) is 1. The minimum atomic E-state index is -0.648. The highest BCUT2D eigenvalue weighted by molar-refractivity contribution is 6.34. The summed E-state index contributed by atoms with van der Waals surface area (Å²) in [5.74, 6) is 0.215. The third-order valence-electron chi connectivity index (χ3n) is 2.80. The average molecular weight is 292 g/mol. The summed E-state index contributed by atoms with van der Waals surface area (Å²) in [6.45, 7) is 0.0125. The van der Waals surface area contributed by atoms with E-state index in [9.17, 15) is 4.79 Å². The second-order valence-electron chi connectivity index (χ2n) is 4.16. The quantitative estimate of drug-likeness (QED) is 0.889. The summed E-state index contributed by atoms with van der Waals surface area (Å²) in [5, 5.41) is 9.29. The van der Waals surface area contributed by atoms with Crippen molar-refractivity contribution in [2.75, 3.05) is 6.61 Å². The van der Waals surface area contributed by atoms with Gasteiger partial charge in [0.1, 0.15) is 17.1 Å². The molecule has 104 valence electrons. The number of hydrogen-bond acceptors (Lipinski definition) is 3. The maximum atomic E-state index is 11.5. The highest BCUT2D eigenvalue weighted by atomic mass is 35.5. The van der Waals surface area contributed by atoms with E-state index >= 15 is 0 Å². The van der Waals surface area contributed by atoms with E-state index in [0.717, 1.165) is 5.56 Å². The second kappa shape index (κ2) is 6.41. The summed E-state index contributed by atoms with van der Waals surface area (Å²) < 4.78 is 5.74. The number of halogens is 1. The molecule has 0 bridgehead atoms. The first-order valence-electron chi connectivity index (χ1n) is 6.08. The Balaban J connectivity index is 2.40. The van der Waals surface area contributed by atoms with Gasteiger partial charge < -0.3 is 15.6 Å². The molecule has 0 saturated heterocycles. The van der Waals surface area contributed by atoms with E-state index < -0.39 is 5.91 Å². The average Bonchev–Trinajstić information content (AvgIpc) is 2.41. The molecule has 0 unspecified atom stereocenters. The Morgan fingerprint density at radius 3 is 2.55 bits per heavy atom. The van der Waals surface area contributed by atoms with Gasteiger partial charge in [0.15, 0.2) is 0 Å². The van der Waals surface area contributed by atoms with Gasteiger partial charge in [0.25, 0.3) is 5.91 Å². The molecule has 0 spiro atoms. The summed E-state index contributed by atoms with van der Waals surface area (Å²) in [6, 6.07) is 12.2. The maximum Gasteiger partial charge on any atom is 0.254 e. The molecule has 0 aliphatic rings. The van der Waals surface area contributed by atoms with Crippen LogP contribution in [0.3, 0.4) is 0 Å². The molecule has 0 fully saturated rings. The first kappa shape index (κ1) is 14.4. The zero-order valence-electron chi connectivity index (χ0n) is 10.7. The van der Waals surface area contributed by atoms with Crippen LogP contribution in [0.4, 0.5) is 0 Å². The van der Waals surface area contributed by atoms with Gasteiger partial charge in [-0.3, -0.25) is 4.79 Å². The van der Waals surface area contributed by atoms with Crippen molar-refractivity contribution in [2.24, 2.45) is 5.73 Å². The predicted molar refractivity (Wildman–Crippen MR) is 77.3 cm³/mol. The van der Waals surface area contributed by atoms with Crippen LogP contribution < -0.4 is 10.5 Å². The summed E-state index contributed by atoms with van der Waals surface area (Å²) in [6.07, 6.45) is 0.461. The fourth-order valence-electron chi connectivity index (χ4n) is 1.88. The van der Waals surface area contributed by atoms with Crippen molar-refractivity contribution in [3.05, 3.63) is 58.6 Å². The Labute approximate surface area is 121 Å². The Bertz CT molecular complexity index is 628. The molecule has 0 radical (unpaired) electrons. The first-order chi connectivity index (χ1) is 9.63. The van der Waals surface area contributed by atoms with Crippen LogP contribution in [-0.2, 0) is 6.42 Å². The zero-order valence-corrected chi connectivity index (χ0v) is 11.4. The molecule has 0 aliphatic carbocycles. The fourth-order valence-corrected chi connectivity index (χ4v) is 2.14. The normalized spacial score (nSPS) is 10.3. The molecule has 2 aromatic rings. The lowest BCUT2D eigenvalue weighted by molar-refractivity contribution is 0.0998. The minimum Gasteiger partial charge on any atom is -0.456 e. The number of aliphatic hydroxyl groups excluding tert-OH is 1. The van der Waals surface area contributed by atoms with E-state index in [2.05, 4.69) is 0 Å². The van der Waals surface area contributed by atoms with Gasteiger partial charge in [-0.15, -0.1) is 0 Å². The van der Waals surface area contributed by atoms with Crippen molar-refractivity contribution in [1.82, 2.24) is 0 Å². The van der Waals surface area contributed by atoms with Crippen molar-refractivity contribution in [2.45, 2.75) is 6.42 Å². The monoisotopic (exact) mass is 291 g/mol. The van der Waals surface area contributed by atoms with Crippen LogP contribution in [0.15, 0.2) is 42.5 Å². The number of rotatable bonds is 5. The van der Waals surface area contributed by atoms with Gasteiger partial charge in [0, 0.05) is 6.61 Å². The summed E-state index contributed by atoms with van der Waals surface area (Å²) in [5.41, 5.74) is 6.31. The van der Waals surface area contributed by atoms with Crippen molar-refractivity contribution in [3.8, 4) is 11.5 Å². The molecule has 2 rings (SSSR count). The number of benzene rings is 2. The van der Waals surface area contributed by atoms with E-state index in [1.807, 2.05) is 18.2 Å². The maximum absolute atomic E-state index is 11.5. The number of aliphatic hydroxyl groups is 1. The Morgan fingerprint density at radius 1 is 1.15 bits per heavy atom. The number of primary amides is 1. The van der Waals surface area contributed by atoms with Crippen molar-refractivity contribution >= 4 is 17.5 Å². The molecule has 0 heterocycles. The topological polar surface area (TPSA) is 72.6 Å². The van der Waals surface area contributed by atoms with Crippen molar-refractivity contribution in [3.63, 3.8) is 0 Å². The molecule has 0 aliphatic heterocycles. The summed E-state index contributed by atoms with van der Waals surface area (Å²) in [4.78, 5) is 11.5. The highest BCUT2D eigenvalue weighted by Gasteiger charge is 2.15. The predicted octanol–water partition coefficient (Wildman–Crippen LogP) is 2.77. The van der Waals surface area contributed by atoms with Crippen LogP contribution in [0, 0.1) is 0 Å². The van der Waals surface area contributed by atoms with Gasteiger partial charge in [-0.25, -0.2) is 0 Å². The van der Waals surface area contributed by atoms with Gasteiger partial charge in [0.05, 0.1) is 5.02 Å². The molecule has 2 aromatic carbocycles. The van der Waals surface area contributed by atoms with E-state index in [-0.39, 0.29) is 17.2 Å². The van der Waals surface area contributed by atoms with Gasteiger partial charge in [0.2, 0.25) is 0 Å². The van der Waals surface area contributed by atoms with Crippen molar-refractivity contribution < 1.29 is 14.6 Å². The van der Waals surface area contributed by atoms with Crippen LogP contribution in [0.25, 0.3) is 0 Å². The van der Waals surface area contributed by atoms with Gasteiger partial charge in [-0.1, -0.05) is 35.9 Å². The van der Waals surface area contributed by atoms with Crippen LogP contribution in [-0.4, -0.2) is 17.6 Å². The minimum absolute atomic E-state index is 0.0125. The van der Waals surface area contributed by atoms with E-state index in [0.29, 0.717) is 17.9 Å². The van der Waals surface area contributed by atoms with Crippen LogP contribution in [0.5, 0.6) is 11.5 Å². The molecule has 1 amide bonds. The van der Waals surface area contributed by atoms with Crippen LogP contribution in [0.2, 0.25) is 5.02 Å².